The lowest BCUT2D eigenvalue weighted by molar-refractivity contribution is -0.0630. The lowest BCUT2D eigenvalue weighted by atomic mass is 10.1. The summed E-state index contributed by atoms with van der Waals surface area (Å²) in [4.78, 5) is 0. The fourth-order valence-corrected chi connectivity index (χ4v) is 3.02. The molecule has 0 saturated carbocycles. The molecule has 0 spiro atoms. The molecule has 4 heteroatoms. The summed E-state index contributed by atoms with van der Waals surface area (Å²) in [6.07, 6.45) is 3.88. The predicted molar refractivity (Wildman–Crippen MR) is 85.4 cm³/mol. The number of hydrogen-bond donors (Lipinski definition) is 0. The number of benzene rings is 1. The third-order valence-corrected chi connectivity index (χ3v) is 4.22. The van der Waals surface area contributed by atoms with E-state index in [0.717, 1.165) is 37.9 Å². The Morgan fingerprint density at radius 3 is 2.78 bits per heavy atom. The summed E-state index contributed by atoms with van der Waals surface area (Å²) < 4.78 is 30.2. The van der Waals surface area contributed by atoms with Crippen molar-refractivity contribution in [2.45, 2.75) is 57.0 Å². The molecule has 1 aromatic carbocycles. The molecule has 4 unspecified atom stereocenters. The molecule has 2 saturated heterocycles. The monoisotopic (exact) mass is 318 g/mol. The number of ether oxygens (including phenoxy) is 3. The maximum Gasteiger partial charge on any atom is 0.123 e. The first-order valence-electron chi connectivity index (χ1n) is 8.36. The van der Waals surface area contributed by atoms with Crippen molar-refractivity contribution in [1.82, 2.24) is 0 Å². The van der Waals surface area contributed by atoms with Crippen molar-refractivity contribution in [3.05, 3.63) is 35.6 Å². The van der Waals surface area contributed by atoms with Crippen molar-refractivity contribution in [2.75, 3.05) is 13.2 Å². The van der Waals surface area contributed by atoms with Gasteiger partial charge in [-0.15, -0.1) is 0 Å². The molecule has 0 aliphatic carbocycles. The van der Waals surface area contributed by atoms with Crippen LogP contribution in [0.5, 0.6) is 0 Å². The Bertz CT molecular complexity index is 554. The molecule has 2 aliphatic heterocycles. The second kappa shape index (κ2) is 7.92. The average Bonchev–Trinajstić information content (AvgIpc) is 3.04. The van der Waals surface area contributed by atoms with Gasteiger partial charge in [0.05, 0.1) is 18.8 Å². The van der Waals surface area contributed by atoms with Crippen molar-refractivity contribution in [1.29, 1.82) is 0 Å². The molecule has 0 aromatic heterocycles. The number of rotatable bonds is 3. The average molecular weight is 318 g/mol. The van der Waals surface area contributed by atoms with Gasteiger partial charge in [0, 0.05) is 6.61 Å². The highest BCUT2D eigenvalue weighted by Crippen LogP contribution is 2.32. The van der Waals surface area contributed by atoms with Gasteiger partial charge >= 0.3 is 0 Å². The van der Waals surface area contributed by atoms with Gasteiger partial charge in [-0.1, -0.05) is 24.0 Å². The van der Waals surface area contributed by atoms with Crippen LogP contribution in [0.15, 0.2) is 24.3 Å². The summed E-state index contributed by atoms with van der Waals surface area (Å²) in [6.45, 7) is 3.47. The summed E-state index contributed by atoms with van der Waals surface area (Å²) >= 11 is 0. The van der Waals surface area contributed by atoms with Crippen LogP contribution < -0.4 is 0 Å². The second-order valence-corrected chi connectivity index (χ2v) is 6.15. The normalized spacial score (nSPS) is 28.9. The highest BCUT2D eigenvalue weighted by molar-refractivity contribution is 5.21. The predicted octanol–water partition coefficient (Wildman–Crippen LogP) is 3.63. The van der Waals surface area contributed by atoms with E-state index in [1.165, 1.54) is 12.1 Å². The lowest BCUT2D eigenvalue weighted by Gasteiger charge is -2.23. The molecule has 3 nitrogen and oxygen atoms in total. The van der Waals surface area contributed by atoms with Gasteiger partial charge in [0.2, 0.25) is 0 Å². The topological polar surface area (TPSA) is 27.7 Å². The van der Waals surface area contributed by atoms with Crippen LogP contribution in [0, 0.1) is 17.7 Å². The minimum atomic E-state index is -0.222. The molecule has 3 rings (SSSR count). The van der Waals surface area contributed by atoms with Gasteiger partial charge in [0.15, 0.2) is 0 Å². The van der Waals surface area contributed by atoms with Crippen LogP contribution in [-0.4, -0.2) is 31.5 Å². The van der Waals surface area contributed by atoms with Crippen molar-refractivity contribution in [2.24, 2.45) is 0 Å². The van der Waals surface area contributed by atoms with Gasteiger partial charge in [-0.25, -0.2) is 4.39 Å². The van der Waals surface area contributed by atoms with E-state index in [9.17, 15) is 4.39 Å². The summed E-state index contributed by atoms with van der Waals surface area (Å²) in [7, 11) is 0. The minimum absolute atomic E-state index is 0.0119. The highest BCUT2D eigenvalue weighted by Gasteiger charge is 2.25. The standard InChI is InChI=1S/C19H23FO3/c1-14(22-18-3-2-12-21-13-18)4-9-17-10-11-19(23-17)15-5-7-16(20)8-6-15/h5-8,14,17-19H,2-3,10-13H2,1H3. The van der Waals surface area contributed by atoms with Crippen LogP contribution in [0.3, 0.4) is 0 Å². The van der Waals surface area contributed by atoms with Crippen molar-refractivity contribution < 1.29 is 18.6 Å². The first kappa shape index (κ1) is 16.4. The van der Waals surface area contributed by atoms with E-state index in [4.69, 9.17) is 14.2 Å². The molecule has 0 radical (unpaired) electrons. The largest absolute Gasteiger partial charge is 0.379 e. The smallest absolute Gasteiger partial charge is 0.123 e. The van der Waals surface area contributed by atoms with E-state index in [1.54, 1.807) is 12.1 Å². The van der Waals surface area contributed by atoms with Gasteiger partial charge < -0.3 is 14.2 Å². The molecule has 2 fully saturated rings. The van der Waals surface area contributed by atoms with Crippen molar-refractivity contribution in [3.63, 3.8) is 0 Å². The van der Waals surface area contributed by atoms with E-state index in [1.807, 2.05) is 6.92 Å². The van der Waals surface area contributed by atoms with Crippen molar-refractivity contribution >= 4 is 0 Å². The van der Waals surface area contributed by atoms with Crippen LogP contribution in [0.2, 0.25) is 0 Å². The maximum absolute atomic E-state index is 13.0. The third kappa shape index (κ3) is 4.78. The molecule has 2 aliphatic rings. The Morgan fingerprint density at radius 2 is 2.04 bits per heavy atom. The third-order valence-electron chi connectivity index (χ3n) is 4.22. The molecule has 0 bridgehead atoms. The van der Waals surface area contributed by atoms with Gasteiger partial charge in [-0.05, 0) is 50.3 Å². The van der Waals surface area contributed by atoms with Gasteiger partial charge in [-0.2, -0.15) is 0 Å². The summed E-state index contributed by atoms with van der Waals surface area (Å²) in [5, 5.41) is 0. The minimum Gasteiger partial charge on any atom is -0.379 e. The van der Waals surface area contributed by atoms with Crippen LogP contribution in [0.4, 0.5) is 4.39 Å². The molecule has 23 heavy (non-hydrogen) atoms. The Labute approximate surface area is 137 Å². The fourth-order valence-electron chi connectivity index (χ4n) is 3.02. The first-order chi connectivity index (χ1) is 11.2. The first-order valence-corrected chi connectivity index (χ1v) is 8.36. The van der Waals surface area contributed by atoms with Crippen LogP contribution in [0.1, 0.15) is 44.3 Å². The lowest BCUT2D eigenvalue weighted by Crippen LogP contribution is -2.28. The van der Waals surface area contributed by atoms with E-state index < -0.39 is 0 Å². The molecule has 1 aromatic rings. The van der Waals surface area contributed by atoms with E-state index in [-0.39, 0.29) is 30.2 Å². The molecule has 2 heterocycles. The van der Waals surface area contributed by atoms with E-state index in [2.05, 4.69) is 11.8 Å². The van der Waals surface area contributed by atoms with Crippen LogP contribution in [-0.2, 0) is 14.2 Å². The van der Waals surface area contributed by atoms with Gasteiger partial charge in [-0.3, -0.25) is 0 Å². The number of hydrogen-bond acceptors (Lipinski definition) is 3. The van der Waals surface area contributed by atoms with Crippen LogP contribution >= 0.6 is 0 Å². The Hall–Kier alpha value is -1.41. The SMILES string of the molecule is CC(C#CC1CCC(c2ccc(F)cc2)O1)OC1CCCOC1. The molecular formula is C19H23FO3. The van der Waals surface area contributed by atoms with Crippen LogP contribution in [0.25, 0.3) is 0 Å². The Morgan fingerprint density at radius 1 is 1.22 bits per heavy atom. The molecule has 4 atom stereocenters. The van der Waals surface area contributed by atoms with E-state index in [0.29, 0.717) is 6.61 Å². The molecular weight excluding hydrogens is 295 g/mol. The van der Waals surface area contributed by atoms with Gasteiger partial charge in [0.25, 0.3) is 0 Å². The quantitative estimate of drug-likeness (QED) is 0.797. The van der Waals surface area contributed by atoms with Crippen molar-refractivity contribution in [3.8, 4) is 11.8 Å². The zero-order valence-corrected chi connectivity index (χ0v) is 13.5. The Kier molecular flexibility index (Phi) is 5.66. The molecule has 0 N–H and O–H groups in total. The summed E-state index contributed by atoms with van der Waals surface area (Å²) in [5.74, 6) is 6.09. The van der Waals surface area contributed by atoms with Gasteiger partial charge in [0.1, 0.15) is 18.0 Å². The van der Waals surface area contributed by atoms with E-state index >= 15 is 0 Å². The fraction of sp³-hybridized carbons (Fsp3) is 0.579. The summed E-state index contributed by atoms with van der Waals surface area (Å²) in [6, 6.07) is 6.51. The Balaban J connectivity index is 1.48. The molecule has 0 amide bonds. The number of halogens is 1. The second-order valence-electron chi connectivity index (χ2n) is 6.15. The summed E-state index contributed by atoms with van der Waals surface area (Å²) in [5.41, 5.74) is 1.01. The maximum atomic E-state index is 13.0. The zero-order valence-electron chi connectivity index (χ0n) is 13.5. The zero-order chi connectivity index (χ0) is 16.1. The highest BCUT2D eigenvalue weighted by atomic mass is 19.1. The molecule has 124 valence electrons.